The highest BCUT2D eigenvalue weighted by Gasteiger charge is 2.23. The quantitative estimate of drug-likeness (QED) is 0.853. The van der Waals surface area contributed by atoms with Crippen molar-refractivity contribution in [2.24, 2.45) is 5.92 Å². The Kier molecular flexibility index (Phi) is 4.63. The van der Waals surface area contributed by atoms with Gasteiger partial charge in [-0.3, -0.25) is 4.79 Å². The second-order valence-corrected chi connectivity index (χ2v) is 6.48. The first-order valence-electron chi connectivity index (χ1n) is 6.67. The molecule has 0 radical (unpaired) electrons. The third-order valence-corrected chi connectivity index (χ3v) is 4.29. The van der Waals surface area contributed by atoms with E-state index >= 15 is 0 Å². The average molecular weight is 325 g/mol. The van der Waals surface area contributed by atoms with Crippen LogP contribution in [0.15, 0.2) is 22.7 Å². The summed E-state index contributed by atoms with van der Waals surface area (Å²) in [5.41, 5.74) is 1.83. The van der Waals surface area contributed by atoms with Gasteiger partial charge in [-0.2, -0.15) is 0 Å². The fraction of sp³-hybridized carbons (Fsp3) is 0.533. The molecular formula is C15H21BrN2O. The van der Waals surface area contributed by atoms with Gasteiger partial charge in [0.25, 0.3) is 5.91 Å². The molecule has 1 heterocycles. The number of likely N-dealkylation sites (tertiary alicyclic amines) is 1. The summed E-state index contributed by atoms with van der Waals surface area (Å²) in [6.45, 7) is 5.06. The van der Waals surface area contributed by atoms with Gasteiger partial charge >= 0.3 is 0 Å². The number of amides is 1. The van der Waals surface area contributed by atoms with Gasteiger partial charge in [0.2, 0.25) is 0 Å². The van der Waals surface area contributed by atoms with Crippen LogP contribution in [0.4, 0.5) is 0 Å². The first kappa shape index (κ1) is 14.5. The molecule has 0 aliphatic carbocycles. The predicted molar refractivity (Wildman–Crippen MR) is 81.4 cm³/mol. The Morgan fingerprint density at radius 2 is 2.26 bits per heavy atom. The third-order valence-electron chi connectivity index (χ3n) is 3.80. The molecular weight excluding hydrogens is 304 g/mol. The van der Waals surface area contributed by atoms with Crippen LogP contribution in [0.1, 0.15) is 22.3 Å². The van der Waals surface area contributed by atoms with E-state index in [1.807, 2.05) is 37.1 Å². The first-order valence-corrected chi connectivity index (χ1v) is 7.47. The number of carbonyl (C=O) groups excluding carboxylic acids is 1. The van der Waals surface area contributed by atoms with Gasteiger partial charge in [0.1, 0.15) is 0 Å². The highest BCUT2D eigenvalue weighted by molar-refractivity contribution is 9.10. The van der Waals surface area contributed by atoms with E-state index in [0.29, 0.717) is 5.92 Å². The Hall–Kier alpha value is -0.870. The molecule has 1 saturated heterocycles. The second kappa shape index (κ2) is 6.06. The summed E-state index contributed by atoms with van der Waals surface area (Å²) in [5.74, 6) is 0.722. The van der Waals surface area contributed by atoms with Crippen molar-refractivity contribution in [3.05, 3.63) is 33.8 Å². The zero-order valence-corrected chi connectivity index (χ0v) is 13.4. The predicted octanol–water partition coefficient (Wildman–Crippen LogP) is 2.78. The molecule has 0 saturated carbocycles. The van der Waals surface area contributed by atoms with E-state index in [2.05, 4.69) is 27.9 Å². The summed E-state index contributed by atoms with van der Waals surface area (Å²) in [4.78, 5) is 16.7. The van der Waals surface area contributed by atoms with Gasteiger partial charge in [-0.05, 0) is 50.6 Å². The maximum atomic E-state index is 12.5. The molecule has 1 unspecified atom stereocenters. The highest BCUT2D eigenvalue weighted by atomic mass is 79.9. The molecule has 4 heteroatoms. The van der Waals surface area contributed by atoms with Crippen LogP contribution >= 0.6 is 15.9 Å². The maximum Gasteiger partial charge on any atom is 0.253 e. The second-order valence-electron chi connectivity index (χ2n) is 5.56. The molecule has 1 aliphatic heterocycles. The van der Waals surface area contributed by atoms with Crippen molar-refractivity contribution < 1.29 is 4.79 Å². The molecule has 1 atom stereocenters. The monoisotopic (exact) mass is 324 g/mol. The maximum absolute atomic E-state index is 12.5. The fourth-order valence-corrected chi connectivity index (χ4v) is 3.04. The van der Waals surface area contributed by atoms with Gasteiger partial charge in [0.15, 0.2) is 0 Å². The summed E-state index contributed by atoms with van der Waals surface area (Å²) in [5, 5.41) is 0. The topological polar surface area (TPSA) is 23.6 Å². The van der Waals surface area contributed by atoms with Crippen LogP contribution in [-0.2, 0) is 0 Å². The Bertz CT molecular complexity index is 475. The van der Waals surface area contributed by atoms with E-state index in [1.54, 1.807) is 0 Å². The number of carbonyl (C=O) groups is 1. The van der Waals surface area contributed by atoms with Crippen LogP contribution in [0.5, 0.6) is 0 Å². The molecule has 3 nitrogen and oxygen atoms in total. The number of rotatable bonds is 3. The van der Waals surface area contributed by atoms with Crippen LogP contribution in [0, 0.1) is 12.8 Å². The Morgan fingerprint density at radius 3 is 2.89 bits per heavy atom. The van der Waals surface area contributed by atoms with Crippen molar-refractivity contribution in [1.82, 2.24) is 9.80 Å². The SMILES string of the molecule is Cc1ccc(Br)cc1C(=O)N(C)CC1CCN(C)C1. The summed E-state index contributed by atoms with van der Waals surface area (Å²) < 4.78 is 0.954. The van der Waals surface area contributed by atoms with Gasteiger partial charge in [0, 0.05) is 30.2 Å². The van der Waals surface area contributed by atoms with E-state index in [1.165, 1.54) is 6.42 Å². The minimum Gasteiger partial charge on any atom is -0.341 e. The van der Waals surface area contributed by atoms with Crippen molar-refractivity contribution in [2.45, 2.75) is 13.3 Å². The minimum absolute atomic E-state index is 0.119. The lowest BCUT2D eigenvalue weighted by atomic mass is 10.1. The van der Waals surface area contributed by atoms with Crippen LogP contribution in [-0.4, -0.2) is 49.4 Å². The number of hydrogen-bond acceptors (Lipinski definition) is 2. The van der Waals surface area contributed by atoms with Gasteiger partial charge in [-0.15, -0.1) is 0 Å². The summed E-state index contributed by atoms with van der Waals surface area (Å²) in [6, 6.07) is 5.86. The molecule has 0 aromatic heterocycles. The van der Waals surface area contributed by atoms with E-state index in [0.717, 1.165) is 35.2 Å². The lowest BCUT2D eigenvalue weighted by Crippen LogP contribution is -2.33. The Labute approximate surface area is 123 Å². The Balaban J connectivity index is 2.04. The summed E-state index contributed by atoms with van der Waals surface area (Å²) >= 11 is 3.43. The van der Waals surface area contributed by atoms with Crippen LogP contribution < -0.4 is 0 Å². The fourth-order valence-electron chi connectivity index (χ4n) is 2.68. The minimum atomic E-state index is 0.119. The van der Waals surface area contributed by atoms with Crippen molar-refractivity contribution in [2.75, 3.05) is 33.7 Å². The van der Waals surface area contributed by atoms with Gasteiger partial charge < -0.3 is 9.80 Å². The van der Waals surface area contributed by atoms with E-state index in [-0.39, 0.29) is 5.91 Å². The average Bonchev–Trinajstić information content (AvgIpc) is 2.77. The lowest BCUT2D eigenvalue weighted by molar-refractivity contribution is 0.0773. The smallest absolute Gasteiger partial charge is 0.253 e. The van der Waals surface area contributed by atoms with E-state index in [9.17, 15) is 4.79 Å². The zero-order chi connectivity index (χ0) is 14.0. The number of hydrogen-bond donors (Lipinski definition) is 0. The van der Waals surface area contributed by atoms with Crippen molar-refractivity contribution in [3.8, 4) is 0 Å². The molecule has 104 valence electrons. The van der Waals surface area contributed by atoms with Gasteiger partial charge in [-0.25, -0.2) is 0 Å². The zero-order valence-electron chi connectivity index (χ0n) is 11.8. The third kappa shape index (κ3) is 3.57. The van der Waals surface area contributed by atoms with Crippen molar-refractivity contribution >= 4 is 21.8 Å². The largest absolute Gasteiger partial charge is 0.341 e. The first-order chi connectivity index (χ1) is 8.97. The van der Waals surface area contributed by atoms with E-state index < -0.39 is 0 Å². The molecule has 19 heavy (non-hydrogen) atoms. The molecule has 1 aliphatic rings. The molecule has 1 aromatic carbocycles. The normalized spacial score (nSPS) is 19.7. The summed E-state index contributed by atoms with van der Waals surface area (Å²) in [6.07, 6.45) is 1.19. The molecule has 2 rings (SSSR count). The molecule has 0 N–H and O–H groups in total. The highest BCUT2D eigenvalue weighted by Crippen LogP contribution is 2.20. The molecule has 0 spiro atoms. The number of aryl methyl sites for hydroxylation is 1. The number of halogens is 1. The van der Waals surface area contributed by atoms with Gasteiger partial charge in [-0.1, -0.05) is 22.0 Å². The van der Waals surface area contributed by atoms with Crippen LogP contribution in [0.25, 0.3) is 0 Å². The van der Waals surface area contributed by atoms with Crippen LogP contribution in [0.3, 0.4) is 0 Å². The lowest BCUT2D eigenvalue weighted by Gasteiger charge is -2.22. The van der Waals surface area contributed by atoms with Gasteiger partial charge in [0.05, 0.1) is 0 Å². The Morgan fingerprint density at radius 1 is 1.53 bits per heavy atom. The number of benzene rings is 1. The number of nitrogens with zero attached hydrogens (tertiary/aromatic N) is 2. The molecule has 1 aromatic rings. The molecule has 1 amide bonds. The molecule has 1 fully saturated rings. The molecule has 0 bridgehead atoms. The van der Waals surface area contributed by atoms with Crippen LogP contribution in [0.2, 0.25) is 0 Å². The van der Waals surface area contributed by atoms with Crippen molar-refractivity contribution in [1.29, 1.82) is 0 Å². The van der Waals surface area contributed by atoms with E-state index in [4.69, 9.17) is 0 Å². The standard InChI is InChI=1S/C15H21BrN2O/c1-11-4-5-13(16)8-14(11)15(19)18(3)10-12-6-7-17(2)9-12/h4-5,8,12H,6-7,9-10H2,1-3H3. The van der Waals surface area contributed by atoms with Crippen molar-refractivity contribution in [3.63, 3.8) is 0 Å². The summed E-state index contributed by atoms with van der Waals surface area (Å²) in [7, 11) is 4.04.